The zero-order chi connectivity index (χ0) is 16.8. The molecule has 0 N–H and O–H groups in total. The van der Waals surface area contributed by atoms with Crippen LogP contribution in [-0.2, 0) is 4.79 Å². The van der Waals surface area contributed by atoms with Gasteiger partial charge in [0.1, 0.15) is 0 Å². The molecule has 1 fully saturated rings. The molecule has 2 rings (SSSR count). The molecule has 0 atom stereocenters. The van der Waals surface area contributed by atoms with E-state index in [2.05, 4.69) is 43.9 Å². The first-order valence-electron chi connectivity index (χ1n) is 9.10. The predicted molar refractivity (Wildman–Crippen MR) is 98.2 cm³/mol. The first kappa shape index (κ1) is 18.0. The fourth-order valence-corrected chi connectivity index (χ4v) is 3.64. The Balaban J connectivity index is 2.03. The van der Waals surface area contributed by atoms with E-state index in [1.54, 1.807) is 6.92 Å². The van der Waals surface area contributed by atoms with Crippen LogP contribution in [0.15, 0.2) is 18.2 Å². The third-order valence-corrected chi connectivity index (χ3v) is 4.94. The molecule has 1 amide bonds. The summed E-state index contributed by atoms with van der Waals surface area (Å²) in [7, 11) is 0. The van der Waals surface area contributed by atoms with Gasteiger partial charge in [-0.15, -0.1) is 0 Å². The van der Waals surface area contributed by atoms with E-state index in [4.69, 9.17) is 0 Å². The largest absolute Gasteiger partial charge is 0.312 e. The van der Waals surface area contributed by atoms with Gasteiger partial charge in [-0.1, -0.05) is 32.4 Å². The Morgan fingerprint density at radius 1 is 1.22 bits per heavy atom. The van der Waals surface area contributed by atoms with Crippen molar-refractivity contribution in [3.63, 3.8) is 0 Å². The number of amides is 1. The normalized spacial score (nSPS) is 15.9. The monoisotopic (exact) mass is 316 g/mol. The molecule has 1 saturated heterocycles. The molecule has 0 aromatic heterocycles. The molecule has 23 heavy (non-hydrogen) atoms. The van der Waals surface area contributed by atoms with Gasteiger partial charge in [-0.25, -0.2) is 0 Å². The molecule has 0 unspecified atom stereocenters. The van der Waals surface area contributed by atoms with E-state index < -0.39 is 0 Å². The van der Waals surface area contributed by atoms with Crippen LogP contribution in [0.3, 0.4) is 0 Å². The van der Waals surface area contributed by atoms with E-state index >= 15 is 0 Å². The molecule has 3 heteroatoms. The molecule has 0 radical (unpaired) electrons. The summed E-state index contributed by atoms with van der Waals surface area (Å²) in [6.45, 7) is 12.6. The number of nitrogens with zero attached hydrogens (tertiary/aromatic N) is 2. The van der Waals surface area contributed by atoms with Crippen molar-refractivity contribution in [1.29, 1.82) is 0 Å². The number of benzene rings is 1. The van der Waals surface area contributed by atoms with Crippen LogP contribution in [0, 0.1) is 6.92 Å². The zero-order valence-electron chi connectivity index (χ0n) is 15.3. The summed E-state index contributed by atoms with van der Waals surface area (Å²) < 4.78 is 0. The molecule has 0 aliphatic carbocycles. The highest BCUT2D eigenvalue weighted by Gasteiger charge is 2.17. The van der Waals surface area contributed by atoms with Gasteiger partial charge in [0, 0.05) is 19.2 Å². The van der Waals surface area contributed by atoms with Crippen LogP contribution in [0.4, 0.5) is 5.69 Å². The highest BCUT2D eigenvalue weighted by Crippen LogP contribution is 2.28. The Bertz CT molecular complexity index is 518. The lowest BCUT2D eigenvalue weighted by atomic mass is 9.96. The quantitative estimate of drug-likeness (QED) is 0.779. The minimum absolute atomic E-state index is 0.146. The molecule has 1 heterocycles. The van der Waals surface area contributed by atoms with Gasteiger partial charge in [0.15, 0.2) is 0 Å². The van der Waals surface area contributed by atoms with E-state index in [0.29, 0.717) is 5.92 Å². The van der Waals surface area contributed by atoms with Gasteiger partial charge in [0.25, 0.3) is 0 Å². The van der Waals surface area contributed by atoms with Crippen LogP contribution >= 0.6 is 0 Å². The van der Waals surface area contributed by atoms with Gasteiger partial charge in [-0.2, -0.15) is 0 Å². The molecule has 1 aliphatic rings. The Labute approximate surface area is 141 Å². The second kappa shape index (κ2) is 8.49. The average molecular weight is 316 g/mol. The van der Waals surface area contributed by atoms with Gasteiger partial charge in [-0.3, -0.25) is 4.79 Å². The van der Waals surface area contributed by atoms with Crippen molar-refractivity contribution in [3.05, 3.63) is 29.3 Å². The van der Waals surface area contributed by atoms with Crippen LogP contribution in [0.1, 0.15) is 63.5 Å². The summed E-state index contributed by atoms with van der Waals surface area (Å²) in [5, 5.41) is 0. The second-order valence-electron chi connectivity index (χ2n) is 7.07. The van der Waals surface area contributed by atoms with Crippen molar-refractivity contribution in [2.45, 2.75) is 59.3 Å². The van der Waals surface area contributed by atoms with Crippen LogP contribution in [0.25, 0.3) is 0 Å². The topological polar surface area (TPSA) is 23.6 Å². The van der Waals surface area contributed by atoms with Crippen molar-refractivity contribution in [2.24, 2.45) is 0 Å². The fourth-order valence-electron chi connectivity index (χ4n) is 3.64. The minimum atomic E-state index is 0.146. The zero-order valence-corrected chi connectivity index (χ0v) is 15.3. The van der Waals surface area contributed by atoms with E-state index in [-0.39, 0.29) is 5.91 Å². The van der Waals surface area contributed by atoms with Gasteiger partial charge >= 0.3 is 0 Å². The summed E-state index contributed by atoms with van der Waals surface area (Å²) in [6.07, 6.45) is 5.07. The Morgan fingerprint density at radius 3 is 2.52 bits per heavy atom. The number of anilines is 1. The fraction of sp³-hybridized carbons (Fsp3) is 0.650. The van der Waals surface area contributed by atoms with Crippen LogP contribution in [-0.4, -0.2) is 37.0 Å². The van der Waals surface area contributed by atoms with E-state index in [1.807, 2.05) is 4.90 Å². The van der Waals surface area contributed by atoms with Crippen molar-refractivity contribution in [1.82, 2.24) is 4.90 Å². The third-order valence-electron chi connectivity index (χ3n) is 4.94. The number of hydrogen-bond donors (Lipinski definition) is 0. The molecule has 0 bridgehead atoms. The van der Waals surface area contributed by atoms with E-state index in [9.17, 15) is 4.79 Å². The minimum Gasteiger partial charge on any atom is -0.312 e. The van der Waals surface area contributed by atoms with Crippen molar-refractivity contribution >= 4 is 11.6 Å². The molecule has 0 spiro atoms. The molecule has 1 aromatic rings. The Morgan fingerprint density at radius 2 is 1.91 bits per heavy atom. The van der Waals surface area contributed by atoms with E-state index in [0.717, 1.165) is 25.2 Å². The molecule has 1 aliphatic heterocycles. The number of carbonyl (C=O) groups excluding carboxylic acids is 1. The Hall–Kier alpha value is -1.35. The van der Waals surface area contributed by atoms with Crippen molar-refractivity contribution < 1.29 is 4.79 Å². The summed E-state index contributed by atoms with van der Waals surface area (Å²) >= 11 is 0. The van der Waals surface area contributed by atoms with Gasteiger partial charge < -0.3 is 9.80 Å². The number of likely N-dealkylation sites (tertiary alicyclic amines) is 1. The molecule has 1 aromatic carbocycles. The van der Waals surface area contributed by atoms with E-state index in [1.165, 1.54) is 43.5 Å². The molecule has 0 saturated carbocycles. The average Bonchev–Trinajstić information content (AvgIpc) is 2.53. The summed E-state index contributed by atoms with van der Waals surface area (Å²) in [5.41, 5.74) is 3.67. The summed E-state index contributed by atoms with van der Waals surface area (Å²) in [4.78, 5) is 16.7. The SMILES string of the molecule is CC(=O)N(CCCN1CCCCC1)c1cccc(C(C)C)c1C. The van der Waals surface area contributed by atoms with Crippen molar-refractivity contribution in [3.8, 4) is 0 Å². The van der Waals surface area contributed by atoms with Gasteiger partial charge in [0.05, 0.1) is 0 Å². The lowest BCUT2D eigenvalue weighted by molar-refractivity contribution is -0.116. The lowest BCUT2D eigenvalue weighted by Gasteiger charge is -2.29. The highest BCUT2D eigenvalue weighted by molar-refractivity contribution is 5.92. The maximum absolute atomic E-state index is 12.2. The molecule has 128 valence electrons. The third kappa shape index (κ3) is 4.81. The first-order chi connectivity index (χ1) is 11.0. The van der Waals surface area contributed by atoms with Crippen LogP contribution in [0.5, 0.6) is 0 Å². The maximum Gasteiger partial charge on any atom is 0.223 e. The van der Waals surface area contributed by atoms with Crippen LogP contribution < -0.4 is 4.90 Å². The lowest BCUT2D eigenvalue weighted by Crippen LogP contribution is -2.35. The molecule has 3 nitrogen and oxygen atoms in total. The van der Waals surface area contributed by atoms with Crippen LogP contribution in [0.2, 0.25) is 0 Å². The van der Waals surface area contributed by atoms with Gasteiger partial charge in [-0.05, 0) is 68.9 Å². The molecular weight excluding hydrogens is 284 g/mol. The number of rotatable bonds is 6. The Kier molecular flexibility index (Phi) is 6.64. The number of carbonyl (C=O) groups is 1. The maximum atomic E-state index is 12.2. The molecular formula is C20H32N2O. The predicted octanol–water partition coefficient (Wildman–Crippen LogP) is 4.35. The summed E-state index contributed by atoms with van der Waals surface area (Å²) in [5.74, 6) is 0.629. The summed E-state index contributed by atoms with van der Waals surface area (Å²) in [6, 6.07) is 6.34. The highest BCUT2D eigenvalue weighted by atomic mass is 16.2. The standard InChI is InChI=1S/C20H32N2O/c1-16(2)19-10-8-11-20(17(19)3)22(18(4)23)15-9-14-21-12-6-5-7-13-21/h8,10-11,16H,5-7,9,12-15H2,1-4H3. The van der Waals surface area contributed by atoms with Crippen molar-refractivity contribution in [2.75, 3.05) is 31.1 Å². The van der Waals surface area contributed by atoms with Gasteiger partial charge in [0.2, 0.25) is 5.91 Å². The first-order valence-corrected chi connectivity index (χ1v) is 9.10. The second-order valence-corrected chi connectivity index (χ2v) is 7.07. The number of hydrogen-bond acceptors (Lipinski definition) is 2. The number of piperidine rings is 1. The smallest absolute Gasteiger partial charge is 0.223 e.